The number of benzene rings is 2. The third-order valence-electron chi connectivity index (χ3n) is 4.41. The molecule has 1 amide bonds. The Kier molecular flexibility index (Phi) is 5.84. The second-order valence-electron chi connectivity index (χ2n) is 6.92. The van der Waals surface area contributed by atoms with Crippen LogP contribution in [0.25, 0.3) is 0 Å². The maximum absolute atomic E-state index is 12.4. The number of ketones is 1. The fourth-order valence-electron chi connectivity index (χ4n) is 2.70. The average Bonchev–Trinajstić information content (AvgIpc) is 2.69. The molecule has 0 aliphatic carbocycles. The molecule has 3 aromatic rings. The lowest BCUT2D eigenvalue weighted by molar-refractivity contribution is 0.101. The van der Waals surface area contributed by atoms with Gasteiger partial charge in [-0.3, -0.25) is 9.59 Å². The first-order valence-electron chi connectivity index (χ1n) is 9.18. The number of nitrogens with zero attached hydrogens (tertiary/aromatic N) is 1. The smallest absolute Gasteiger partial charge is 0.274 e. The number of pyridine rings is 1. The summed E-state index contributed by atoms with van der Waals surface area (Å²) < 4.78 is 0. The number of amides is 1. The minimum Gasteiger partial charge on any atom is -0.354 e. The summed E-state index contributed by atoms with van der Waals surface area (Å²) in [5.41, 5.74) is 4.57. The third-order valence-corrected chi connectivity index (χ3v) is 4.41. The molecule has 5 heteroatoms. The normalized spacial score (nSPS) is 10.6. The molecule has 0 radical (unpaired) electrons. The van der Waals surface area contributed by atoms with E-state index in [0.29, 0.717) is 17.2 Å². The molecular formula is C23H23N3O2. The van der Waals surface area contributed by atoms with Crippen LogP contribution in [0.1, 0.15) is 53.1 Å². The highest BCUT2D eigenvalue weighted by molar-refractivity contribution is 6.03. The van der Waals surface area contributed by atoms with Crippen molar-refractivity contribution in [1.29, 1.82) is 0 Å². The molecular weight excluding hydrogens is 350 g/mol. The molecule has 0 bridgehead atoms. The van der Waals surface area contributed by atoms with Crippen LogP contribution in [0.3, 0.4) is 0 Å². The summed E-state index contributed by atoms with van der Waals surface area (Å²) in [7, 11) is 0. The van der Waals surface area contributed by atoms with E-state index in [1.54, 1.807) is 30.5 Å². The maximum Gasteiger partial charge on any atom is 0.274 e. The lowest BCUT2D eigenvalue weighted by Gasteiger charge is -2.09. The van der Waals surface area contributed by atoms with Gasteiger partial charge in [0.1, 0.15) is 5.69 Å². The Morgan fingerprint density at radius 3 is 1.96 bits per heavy atom. The number of aromatic nitrogens is 1. The van der Waals surface area contributed by atoms with Gasteiger partial charge >= 0.3 is 0 Å². The summed E-state index contributed by atoms with van der Waals surface area (Å²) in [6.45, 7) is 5.80. The largest absolute Gasteiger partial charge is 0.354 e. The molecule has 0 spiro atoms. The topological polar surface area (TPSA) is 71.1 Å². The van der Waals surface area contributed by atoms with Gasteiger partial charge in [0.05, 0.1) is 11.9 Å². The predicted octanol–water partition coefficient (Wildman–Crippen LogP) is 5.40. The van der Waals surface area contributed by atoms with Crippen molar-refractivity contribution in [3.05, 3.63) is 83.7 Å². The van der Waals surface area contributed by atoms with Crippen LogP contribution in [-0.4, -0.2) is 16.7 Å². The third kappa shape index (κ3) is 4.82. The van der Waals surface area contributed by atoms with Crippen LogP contribution in [0.2, 0.25) is 0 Å². The quantitative estimate of drug-likeness (QED) is 0.567. The van der Waals surface area contributed by atoms with E-state index in [2.05, 4.69) is 29.5 Å². The van der Waals surface area contributed by atoms with Crippen LogP contribution in [-0.2, 0) is 0 Å². The second kappa shape index (κ2) is 8.48. The van der Waals surface area contributed by atoms with E-state index in [1.807, 2.05) is 36.4 Å². The first-order chi connectivity index (χ1) is 13.4. The van der Waals surface area contributed by atoms with Gasteiger partial charge < -0.3 is 10.6 Å². The number of carbonyl (C=O) groups is 2. The zero-order valence-corrected chi connectivity index (χ0v) is 16.2. The van der Waals surface area contributed by atoms with Gasteiger partial charge in [-0.05, 0) is 66.9 Å². The molecule has 2 N–H and O–H groups in total. The molecule has 0 aliphatic heterocycles. The van der Waals surface area contributed by atoms with Gasteiger partial charge in [-0.15, -0.1) is 0 Å². The van der Waals surface area contributed by atoms with Gasteiger partial charge in [0.2, 0.25) is 0 Å². The Morgan fingerprint density at radius 2 is 1.43 bits per heavy atom. The Labute approximate surface area is 164 Å². The monoisotopic (exact) mass is 373 g/mol. The first-order valence-corrected chi connectivity index (χ1v) is 9.18. The molecule has 0 saturated heterocycles. The van der Waals surface area contributed by atoms with E-state index in [-0.39, 0.29) is 11.7 Å². The summed E-state index contributed by atoms with van der Waals surface area (Å²) >= 11 is 0. The molecule has 5 nitrogen and oxygen atoms in total. The second-order valence-corrected chi connectivity index (χ2v) is 6.92. The molecule has 0 unspecified atom stereocenters. The molecule has 1 heterocycles. The van der Waals surface area contributed by atoms with Gasteiger partial charge in [0.25, 0.3) is 5.91 Å². The van der Waals surface area contributed by atoms with Gasteiger partial charge in [0.15, 0.2) is 5.78 Å². The van der Waals surface area contributed by atoms with Gasteiger partial charge in [-0.2, -0.15) is 0 Å². The van der Waals surface area contributed by atoms with Crippen molar-refractivity contribution in [2.24, 2.45) is 0 Å². The molecule has 2 aromatic carbocycles. The van der Waals surface area contributed by atoms with Crippen LogP contribution in [0.15, 0.2) is 66.9 Å². The highest BCUT2D eigenvalue weighted by atomic mass is 16.2. The number of anilines is 3. The summed E-state index contributed by atoms with van der Waals surface area (Å²) in [4.78, 5) is 27.9. The van der Waals surface area contributed by atoms with Crippen LogP contribution in [0.5, 0.6) is 0 Å². The van der Waals surface area contributed by atoms with Crippen molar-refractivity contribution in [2.75, 3.05) is 10.6 Å². The summed E-state index contributed by atoms with van der Waals surface area (Å²) in [5, 5.41) is 6.05. The number of rotatable bonds is 6. The van der Waals surface area contributed by atoms with E-state index >= 15 is 0 Å². The highest BCUT2D eigenvalue weighted by Crippen LogP contribution is 2.19. The van der Waals surface area contributed by atoms with Crippen molar-refractivity contribution in [3.63, 3.8) is 0 Å². The van der Waals surface area contributed by atoms with Crippen LogP contribution >= 0.6 is 0 Å². The molecule has 0 aliphatic rings. The van der Waals surface area contributed by atoms with Gasteiger partial charge in [0, 0.05) is 16.9 Å². The zero-order chi connectivity index (χ0) is 20.1. The Balaban J connectivity index is 1.63. The van der Waals surface area contributed by atoms with Crippen molar-refractivity contribution in [3.8, 4) is 0 Å². The van der Waals surface area contributed by atoms with Crippen molar-refractivity contribution >= 4 is 28.8 Å². The Morgan fingerprint density at radius 1 is 0.821 bits per heavy atom. The van der Waals surface area contributed by atoms with E-state index in [1.165, 1.54) is 12.5 Å². The predicted molar refractivity (Wildman–Crippen MR) is 112 cm³/mol. The molecule has 142 valence electrons. The number of hydrogen-bond donors (Lipinski definition) is 2. The van der Waals surface area contributed by atoms with Crippen LogP contribution < -0.4 is 10.6 Å². The fourth-order valence-corrected chi connectivity index (χ4v) is 2.70. The number of Topliss-reactive ketones (excluding diaryl/α,β-unsaturated/α-hetero) is 1. The minimum atomic E-state index is -0.255. The molecule has 1 aromatic heterocycles. The van der Waals surface area contributed by atoms with E-state index in [9.17, 15) is 9.59 Å². The number of hydrogen-bond acceptors (Lipinski definition) is 4. The van der Waals surface area contributed by atoms with Gasteiger partial charge in [-0.25, -0.2) is 4.98 Å². The summed E-state index contributed by atoms with van der Waals surface area (Å²) in [5.74, 6) is 0.224. The maximum atomic E-state index is 12.4. The Bertz CT molecular complexity index is 960. The standard InChI is InChI=1S/C23H23N3O2/c1-15(2)17-4-8-20(9-5-17)26-23(28)22-13-12-21(14-24-22)25-19-10-6-18(7-11-19)16(3)27/h4-15,25H,1-3H3,(H,26,28). The van der Waals surface area contributed by atoms with E-state index in [4.69, 9.17) is 0 Å². The molecule has 0 saturated carbocycles. The van der Waals surface area contributed by atoms with Crippen molar-refractivity contribution in [1.82, 2.24) is 4.98 Å². The zero-order valence-electron chi connectivity index (χ0n) is 16.2. The highest BCUT2D eigenvalue weighted by Gasteiger charge is 2.08. The van der Waals surface area contributed by atoms with Crippen molar-refractivity contribution < 1.29 is 9.59 Å². The van der Waals surface area contributed by atoms with Crippen LogP contribution in [0.4, 0.5) is 17.1 Å². The van der Waals surface area contributed by atoms with E-state index < -0.39 is 0 Å². The first kappa shape index (κ1) is 19.3. The SMILES string of the molecule is CC(=O)c1ccc(Nc2ccc(C(=O)Nc3ccc(C(C)C)cc3)nc2)cc1. The molecule has 28 heavy (non-hydrogen) atoms. The lowest BCUT2D eigenvalue weighted by Crippen LogP contribution is -2.13. The molecule has 0 fully saturated rings. The summed E-state index contributed by atoms with van der Waals surface area (Å²) in [6.07, 6.45) is 1.61. The lowest BCUT2D eigenvalue weighted by atomic mass is 10.0. The minimum absolute atomic E-state index is 0.0300. The van der Waals surface area contributed by atoms with E-state index in [0.717, 1.165) is 17.1 Å². The molecule has 0 atom stereocenters. The number of nitrogens with one attached hydrogen (secondary N) is 2. The molecule has 3 rings (SSSR count). The van der Waals surface area contributed by atoms with Crippen LogP contribution in [0, 0.1) is 0 Å². The average molecular weight is 373 g/mol. The summed E-state index contributed by atoms with van der Waals surface area (Å²) in [6, 6.07) is 18.5. The number of carbonyl (C=O) groups excluding carboxylic acids is 2. The fraction of sp³-hybridized carbons (Fsp3) is 0.174. The van der Waals surface area contributed by atoms with Gasteiger partial charge in [-0.1, -0.05) is 26.0 Å². The van der Waals surface area contributed by atoms with Crippen molar-refractivity contribution in [2.45, 2.75) is 26.7 Å². The Hall–Kier alpha value is -3.47.